The third-order valence-corrected chi connectivity index (χ3v) is 2.50. The predicted octanol–water partition coefficient (Wildman–Crippen LogP) is 1.02. The minimum atomic E-state index is -0.524. The largest absolute Gasteiger partial charge is 0.355 e. The third-order valence-electron chi connectivity index (χ3n) is 2.50. The molecule has 1 atom stereocenters. The summed E-state index contributed by atoms with van der Waals surface area (Å²) in [4.78, 5) is 11.6. The van der Waals surface area contributed by atoms with Gasteiger partial charge < -0.3 is 5.32 Å². The van der Waals surface area contributed by atoms with Crippen LogP contribution in [0.3, 0.4) is 0 Å². The molecule has 1 rings (SSSR count). The number of aryl methyl sites for hydroxylation is 1. The van der Waals surface area contributed by atoms with Crippen LogP contribution in [0.25, 0.3) is 0 Å². The molecule has 0 bridgehead atoms. The van der Waals surface area contributed by atoms with Crippen molar-refractivity contribution < 1.29 is 4.79 Å². The molecule has 1 amide bonds. The molecule has 0 aliphatic rings. The molecule has 1 aromatic heterocycles. The van der Waals surface area contributed by atoms with Gasteiger partial charge >= 0.3 is 0 Å². The van der Waals surface area contributed by atoms with Crippen molar-refractivity contribution in [2.45, 2.75) is 26.2 Å². The Morgan fingerprint density at radius 3 is 3.00 bits per heavy atom. The minimum absolute atomic E-state index is 0.176. The Kier molecular flexibility index (Phi) is 5.21. The zero-order valence-corrected chi connectivity index (χ0v) is 10.3. The minimum Gasteiger partial charge on any atom is -0.355 e. The van der Waals surface area contributed by atoms with Gasteiger partial charge in [-0.05, 0) is 12.5 Å². The first-order chi connectivity index (χ1) is 8.17. The van der Waals surface area contributed by atoms with Crippen LogP contribution < -0.4 is 5.32 Å². The molecule has 0 aliphatic heterocycles. The first-order valence-electron chi connectivity index (χ1n) is 5.83. The molecule has 0 fully saturated rings. The fourth-order valence-corrected chi connectivity index (χ4v) is 1.58. The van der Waals surface area contributed by atoms with Crippen LogP contribution in [0.5, 0.6) is 0 Å². The van der Waals surface area contributed by atoms with E-state index in [2.05, 4.69) is 10.4 Å². The zero-order valence-electron chi connectivity index (χ0n) is 10.3. The molecule has 0 aromatic carbocycles. The summed E-state index contributed by atoms with van der Waals surface area (Å²) in [6.07, 6.45) is 4.01. The van der Waals surface area contributed by atoms with Crippen molar-refractivity contribution in [2.24, 2.45) is 13.0 Å². The van der Waals surface area contributed by atoms with Crippen LogP contribution in [0, 0.1) is 17.2 Å². The van der Waals surface area contributed by atoms with E-state index in [0.29, 0.717) is 19.4 Å². The van der Waals surface area contributed by atoms with Gasteiger partial charge in [-0.1, -0.05) is 13.3 Å². The number of carbonyl (C=O) groups excluding carboxylic acids is 1. The van der Waals surface area contributed by atoms with Crippen LogP contribution >= 0.6 is 0 Å². The van der Waals surface area contributed by atoms with Gasteiger partial charge in [0.05, 0.1) is 11.8 Å². The number of hydrogen-bond donors (Lipinski definition) is 1. The molecule has 0 radical (unpaired) electrons. The zero-order chi connectivity index (χ0) is 12.7. The number of carbonyl (C=O) groups is 1. The van der Waals surface area contributed by atoms with Crippen LogP contribution in [-0.4, -0.2) is 22.2 Å². The van der Waals surface area contributed by atoms with Gasteiger partial charge in [-0.2, -0.15) is 10.4 Å². The van der Waals surface area contributed by atoms with Gasteiger partial charge in [0.2, 0.25) is 5.91 Å². The molecule has 17 heavy (non-hydrogen) atoms. The molecule has 1 aromatic rings. The highest BCUT2D eigenvalue weighted by atomic mass is 16.1. The Bertz CT molecular complexity index is 405. The average Bonchev–Trinajstić information content (AvgIpc) is 2.71. The van der Waals surface area contributed by atoms with Crippen LogP contribution in [-0.2, 0) is 18.3 Å². The number of rotatable bonds is 6. The molecular weight excluding hydrogens is 216 g/mol. The van der Waals surface area contributed by atoms with E-state index in [4.69, 9.17) is 5.26 Å². The van der Waals surface area contributed by atoms with E-state index in [0.717, 1.165) is 12.1 Å². The summed E-state index contributed by atoms with van der Waals surface area (Å²) < 4.78 is 1.73. The van der Waals surface area contributed by atoms with Crippen molar-refractivity contribution >= 4 is 5.91 Å². The summed E-state index contributed by atoms with van der Waals surface area (Å²) in [5.74, 6) is -0.700. The van der Waals surface area contributed by atoms with Crippen molar-refractivity contribution in [3.8, 4) is 6.07 Å². The first kappa shape index (κ1) is 13.2. The topological polar surface area (TPSA) is 70.7 Å². The number of nitriles is 1. The second-order valence-corrected chi connectivity index (χ2v) is 3.99. The Morgan fingerprint density at radius 2 is 2.47 bits per heavy atom. The summed E-state index contributed by atoms with van der Waals surface area (Å²) in [5.41, 5.74) is 0.941. The van der Waals surface area contributed by atoms with Crippen molar-refractivity contribution in [1.29, 1.82) is 5.26 Å². The lowest BCUT2D eigenvalue weighted by atomic mass is 10.1. The fraction of sp³-hybridized carbons (Fsp3) is 0.583. The summed E-state index contributed by atoms with van der Waals surface area (Å²) in [6.45, 7) is 2.49. The summed E-state index contributed by atoms with van der Waals surface area (Å²) in [7, 11) is 1.86. The lowest BCUT2D eigenvalue weighted by Crippen LogP contribution is -2.31. The third kappa shape index (κ3) is 4.27. The molecule has 0 aliphatic carbocycles. The van der Waals surface area contributed by atoms with Gasteiger partial charge in [0, 0.05) is 26.2 Å². The summed E-state index contributed by atoms with van der Waals surface area (Å²) in [5, 5.41) is 15.8. The van der Waals surface area contributed by atoms with E-state index in [1.807, 2.05) is 32.3 Å². The Hall–Kier alpha value is -1.83. The number of hydrogen-bond acceptors (Lipinski definition) is 3. The van der Waals surface area contributed by atoms with Crippen molar-refractivity contribution in [2.75, 3.05) is 6.54 Å². The van der Waals surface area contributed by atoms with Gasteiger partial charge in [0.15, 0.2) is 0 Å². The molecular formula is C12H18N4O. The highest BCUT2D eigenvalue weighted by molar-refractivity contribution is 5.80. The molecule has 0 spiro atoms. The Morgan fingerprint density at radius 1 is 1.71 bits per heavy atom. The van der Waals surface area contributed by atoms with Gasteiger partial charge in [0.1, 0.15) is 5.92 Å². The maximum Gasteiger partial charge on any atom is 0.237 e. The number of nitrogens with zero attached hydrogens (tertiary/aromatic N) is 3. The molecule has 5 heteroatoms. The van der Waals surface area contributed by atoms with Crippen LogP contribution in [0.4, 0.5) is 0 Å². The van der Waals surface area contributed by atoms with Crippen molar-refractivity contribution in [1.82, 2.24) is 15.1 Å². The maximum atomic E-state index is 11.6. The van der Waals surface area contributed by atoms with E-state index >= 15 is 0 Å². The standard InChI is InChI=1S/C12H18N4O/c1-3-4-10(9-13)12(17)14-7-5-11-6-8-16(2)15-11/h6,8,10H,3-5,7H2,1-2H3,(H,14,17). The summed E-state index contributed by atoms with van der Waals surface area (Å²) in [6, 6.07) is 3.94. The quantitative estimate of drug-likeness (QED) is 0.798. The van der Waals surface area contributed by atoms with E-state index in [1.54, 1.807) is 4.68 Å². The van der Waals surface area contributed by atoms with E-state index < -0.39 is 5.92 Å². The highest BCUT2D eigenvalue weighted by Crippen LogP contribution is 2.04. The average molecular weight is 234 g/mol. The molecule has 5 nitrogen and oxygen atoms in total. The van der Waals surface area contributed by atoms with Gasteiger partial charge in [-0.3, -0.25) is 9.48 Å². The van der Waals surface area contributed by atoms with Gasteiger partial charge in [0.25, 0.3) is 0 Å². The Labute approximate surface area is 101 Å². The van der Waals surface area contributed by atoms with E-state index in [9.17, 15) is 4.79 Å². The van der Waals surface area contributed by atoms with Gasteiger partial charge in [-0.25, -0.2) is 0 Å². The SMILES string of the molecule is CCCC(C#N)C(=O)NCCc1ccn(C)n1. The van der Waals surface area contributed by atoms with Crippen molar-refractivity contribution in [3.05, 3.63) is 18.0 Å². The molecule has 1 N–H and O–H groups in total. The number of nitrogens with one attached hydrogen (secondary N) is 1. The molecule has 0 saturated heterocycles. The normalized spacial score (nSPS) is 11.8. The second kappa shape index (κ2) is 6.69. The lowest BCUT2D eigenvalue weighted by Gasteiger charge is -2.08. The van der Waals surface area contributed by atoms with Crippen LogP contribution in [0.15, 0.2) is 12.3 Å². The van der Waals surface area contributed by atoms with E-state index in [-0.39, 0.29) is 5.91 Å². The van der Waals surface area contributed by atoms with E-state index in [1.165, 1.54) is 0 Å². The molecule has 1 heterocycles. The Balaban J connectivity index is 2.31. The van der Waals surface area contributed by atoms with Crippen molar-refractivity contribution in [3.63, 3.8) is 0 Å². The smallest absolute Gasteiger partial charge is 0.237 e. The molecule has 0 saturated carbocycles. The lowest BCUT2D eigenvalue weighted by molar-refractivity contribution is -0.123. The number of amides is 1. The van der Waals surface area contributed by atoms with Gasteiger partial charge in [-0.15, -0.1) is 0 Å². The first-order valence-corrected chi connectivity index (χ1v) is 5.83. The fourth-order valence-electron chi connectivity index (χ4n) is 1.58. The predicted molar refractivity (Wildman–Crippen MR) is 63.9 cm³/mol. The monoisotopic (exact) mass is 234 g/mol. The second-order valence-electron chi connectivity index (χ2n) is 3.99. The van der Waals surface area contributed by atoms with Crippen LogP contribution in [0.2, 0.25) is 0 Å². The maximum absolute atomic E-state index is 11.6. The highest BCUT2D eigenvalue weighted by Gasteiger charge is 2.15. The number of aromatic nitrogens is 2. The summed E-state index contributed by atoms with van der Waals surface area (Å²) >= 11 is 0. The van der Waals surface area contributed by atoms with Crippen LogP contribution in [0.1, 0.15) is 25.5 Å². The molecule has 1 unspecified atom stereocenters. The molecule has 92 valence electrons.